The molecule has 1 amide bonds. The summed E-state index contributed by atoms with van der Waals surface area (Å²) in [7, 11) is 0. The van der Waals surface area contributed by atoms with Gasteiger partial charge in [-0.05, 0) is 138 Å². The molecule has 0 saturated carbocycles. The zero-order valence-electron chi connectivity index (χ0n) is 38.2. The summed E-state index contributed by atoms with van der Waals surface area (Å²) in [6.07, 6.45) is 57.3. The molecule has 65 heavy (non-hydrogen) atoms. The summed E-state index contributed by atoms with van der Waals surface area (Å²) in [5.74, 6) is -3.20. The molecular formula is C54H71ClN2O8. The van der Waals surface area contributed by atoms with Gasteiger partial charge in [-0.2, -0.15) is 0 Å². The van der Waals surface area contributed by atoms with E-state index >= 15 is 0 Å². The zero-order valence-corrected chi connectivity index (χ0v) is 39.0. The molecule has 0 aromatic heterocycles. The summed E-state index contributed by atoms with van der Waals surface area (Å²) in [6.45, 7) is 4.28. The number of carboxylic acid groups (broad SMARTS) is 2. The summed E-state index contributed by atoms with van der Waals surface area (Å²) in [5, 5.41) is 38.3. The van der Waals surface area contributed by atoms with E-state index in [1.807, 2.05) is 0 Å². The van der Waals surface area contributed by atoms with Gasteiger partial charge in [0.15, 0.2) is 0 Å². The van der Waals surface area contributed by atoms with Gasteiger partial charge in [-0.3, -0.25) is 9.59 Å². The number of hydrogen-bond acceptors (Lipinski definition) is 7. The number of amides is 1. The topological polar surface area (TPSA) is 187 Å². The van der Waals surface area contributed by atoms with Gasteiger partial charge in [0.1, 0.15) is 22.6 Å². The van der Waals surface area contributed by atoms with E-state index in [4.69, 9.17) is 32.7 Å². The van der Waals surface area contributed by atoms with Gasteiger partial charge in [0.05, 0.1) is 0 Å². The summed E-state index contributed by atoms with van der Waals surface area (Å²) in [6, 6.07) is 7.87. The normalized spacial score (nSPS) is 11.9. The molecule has 0 unspecified atom stereocenters. The van der Waals surface area contributed by atoms with Crippen molar-refractivity contribution in [2.45, 2.75) is 117 Å². The van der Waals surface area contributed by atoms with Crippen molar-refractivity contribution in [1.82, 2.24) is 0 Å². The number of unbranched alkanes of at least 4 members (excludes halogenated alkanes) is 2. The number of nitrogen functional groups attached to an aromatic ring is 1. The van der Waals surface area contributed by atoms with Crippen LogP contribution in [0.1, 0.15) is 137 Å². The number of carboxylic acids is 2. The molecule has 0 bridgehead atoms. The summed E-state index contributed by atoms with van der Waals surface area (Å²) < 4.78 is 0. The van der Waals surface area contributed by atoms with Crippen LogP contribution in [0.25, 0.3) is 0 Å². The third-order valence-electron chi connectivity index (χ3n) is 8.60. The van der Waals surface area contributed by atoms with E-state index in [1.165, 1.54) is 36.4 Å². The molecule has 0 heterocycles. The van der Waals surface area contributed by atoms with Gasteiger partial charge >= 0.3 is 11.9 Å². The number of aromatic carboxylic acids is 2. The number of hydrogen-bond donors (Lipinski definition) is 6. The lowest BCUT2D eigenvalue weighted by Gasteiger charge is -2.06. The highest BCUT2D eigenvalue weighted by atomic mass is 35.5. The molecule has 10 nitrogen and oxygen atoms in total. The van der Waals surface area contributed by atoms with Crippen molar-refractivity contribution in [3.05, 3.63) is 169 Å². The van der Waals surface area contributed by atoms with Crippen molar-refractivity contribution < 1.29 is 39.6 Å². The lowest BCUT2D eigenvalue weighted by molar-refractivity contribution is -0.116. The van der Waals surface area contributed by atoms with Crippen molar-refractivity contribution >= 4 is 46.1 Å². The molecule has 0 saturated heterocycles. The van der Waals surface area contributed by atoms with Gasteiger partial charge in [-0.25, -0.2) is 9.59 Å². The van der Waals surface area contributed by atoms with Crippen LogP contribution >= 0.6 is 11.6 Å². The van der Waals surface area contributed by atoms with Crippen LogP contribution in [0.4, 0.5) is 11.4 Å². The summed E-state index contributed by atoms with van der Waals surface area (Å²) >= 11 is 5.26. The molecule has 0 aliphatic heterocycles. The third kappa shape index (κ3) is 36.8. The van der Waals surface area contributed by atoms with Crippen LogP contribution in [0.3, 0.4) is 0 Å². The van der Waals surface area contributed by atoms with E-state index in [9.17, 15) is 24.3 Å². The molecular weight excluding hydrogens is 840 g/mol. The Morgan fingerprint density at radius 3 is 1.20 bits per heavy atom. The second-order valence-corrected chi connectivity index (χ2v) is 14.6. The first-order valence-electron chi connectivity index (χ1n) is 22.3. The Morgan fingerprint density at radius 1 is 0.508 bits per heavy atom. The first-order valence-corrected chi connectivity index (χ1v) is 22.7. The fourth-order valence-corrected chi connectivity index (χ4v) is 5.34. The number of carbonyl (C=O) groups excluding carboxylic acids is 2. The Balaban J connectivity index is 0.00000106. The van der Waals surface area contributed by atoms with Gasteiger partial charge in [0.2, 0.25) is 11.1 Å². The van der Waals surface area contributed by atoms with Crippen molar-refractivity contribution in [2.75, 3.05) is 11.1 Å². The molecule has 11 heteroatoms. The smallest absolute Gasteiger partial charge is 0.339 e. The number of benzene rings is 2. The predicted octanol–water partition coefficient (Wildman–Crippen LogP) is 14.3. The SMILES string of the molecule is CC/C=C\C/C=C\C/C=C\C/C=C\C/C=C\CCCC(=O)Cl.CC/C=C\C/C=C\C/C=C\C/C=C\C/C=C\CCCC(=O)Nc1ccc(O)c(C(=O)O)c1.Nc1ccc(O)c(C(=O)O)c1. The van der Waals surface area contributed by atoms with Crippen LogP contribution in [0.5, 0.6) is 11.5 Å². The molecule has 0 fully saturated rings. The number of phenols is 2. The van der Waals surface area contributed by atoms with Crippen molar-refractivity contribution in [3.8, 4) is 11.5 Å². The van der Waals surface area contributed by atoms with Gasteiger partial charge < -0.3 is 31.5 Å². The number of nitrogens with one attached hydrogen (secondary N) is 1. The number of carbonyl (C=O) groups is 4. The molecule has 2 aromatic rings. The number of allylic oxidation sites excluding steroid dienone is 20. The van der Waals surface area contributed by atoms with Gasteiger partial charge in [0, 0.05) is 24.2 Å². The lowest BCUT2D eigenvalue weighted by atomic mass is 10.1. The average Bonchev–Trinajstić information content (AvgIpc) is 3.27. The molecule has 352 valence electrons. The first kappa shape index (κ1) is 58.6. The van der Waals surface area contributed by atoms with Crippen LogP contribution in [-0.2, 0) is 9.59 Å². The Morgan fingerprint density at radius 2 is 0.846 bits per heavy atom. The quantitative estimate of drug-likeness (QED) is 0.0152. The van der Waals surface area contributed by atoms with Crippen LogP contribution in [-0.4, -0.2) is 43.5 Å². The van der Waals surface area contributed by atoms with E-state index < -0.39 is 11.9 Å². The molecule has 2 rings (SSSR count). The number of rotatable bonds is 29. The van der Waals surface area contributed by atoms with E-state index in [-0.39, 0.29) is 33.8 Å². The maximum absolute atomic E-state index is 12.0. The largest absolute Gasteiger partial charge is 0.507 e. The molecule has 0 aliphatic rings. The average molecular weight is 912 g/mol. The van der Waals surface area contributed by atoms with Crippen LogP contribution < -0.4 is 11.1 Å². The van der Waals surface area contributed by atoms with Crippen molar-refractivity contribution in [1.29, 1.82) is 0 Å². The zero-order chi connectivity index (χ0) is 48.2. The summed E-state index contributed by atoms with van der Waals surface area (Å²) in [5.41, 5.74) is 5.56. The first-order chi connectivity index (χ1) is 31.4. The predicted molar refractivity (Wildman–Crippen MR) is 271 cm³/mol. The Hall–Kier alpha value is -6.39. The third-order valence-corrected chi connectivity index (χ3v) is 8.78. The number of aromatic hydroxyl groups is 2. The molecule has 2 aromatic carbocycles. The fraction of sp³-hybridized carbons (Fsp3) is 0.333. The highest BCUT2D eigenvalue weighted by molar-refractivity contribution is 6.63. The minimum atomic E-state index is -1.24. The maximum atomic E-state index is 12.0. The van der Waals surface area contributed by atoms with Crippen LogP contribution in [0.15, 0.2) is 158 Å². The van der Waals surface area contributed by atoms with Crippen molar-refractivity contribution in [3.63, 3.8) is 0 Å². The molecule has 0 atom stereocenters. The van der Waals surface area contributed by atoms with E-state index in [2.05, 4.69) is 141 Å². The number of halogens is 1. The lowest BCUT2D eigenvalue weighted by Crippen LogP contribution is -2.11. The Bertz CT molecular complexity index is 1970. The minimum Gasteiger partial charge on any atom is -0.507 e. The highest BCUT2D eigenvalue weighted by Gasteiger charge is 2.11. The number of nitrogens with two attached hydrogens (primary N) is 1. The van der Waals surface area contributed by atoms with Crippen LogP contribution in [0, 0.1) is 0 Å². The van der Waals surface area contributed by atoms with Gasteiger partial charge in [0.25, 0.3) is 0 Å². The van der Waals surface area contributed by atoms with Gasteiger partial charge in [-0.15, -0.1) is 0 Å². The van der Waals surface area contributed by atoms with E-state index in [0.29, 0.717) is 30.6 Å². The van der Waals surface area contributed by atoms with E-state index in [0.717, 1.165) is 83.5 Å². The van der Waals surface area contributed by atoms with Crippen molar-refractivity contribution in [2.24, 2.45) is 0 Å². The molecule has 0 spiro atoms. The standard InChI is InChI=1S/C27H35NO4.C20H29ClO.C7H7NO3/c1-2-3-4-5-6-7-8-9-10-11-12-13-14-15-16-17-18-19-26(30)28-23-20-21-25(29)24(22-23)27(31)32;1-2-3-4-5-6-7-8-9-10-11-12-13-14-15-16-17-18-19-20(21)22;8-4-1-2-6(9)5(3-4)7(10)11/h3-4,6-7,9-10,12-13,15-16,20-22,29H,2,5,8,11,14,17-19H2,1H3,(H,28,30)(H,31,32);3-4,6-7,9-10,12-13,15-16H,2,5,8,11,14,17-19H2,1H3;1-3,9H,8H2,(H,10,11)/b2*4-3-,7-6-,10-9-,13-12-,16-15-;. The molecule has 7 N–H and O–H groups in total. The Labute approximate surface area is 392 Å². The monoisotopic (exact) mass is 910 g/mol. The van der Waals surface area contributed by atoms with Gasteiger partial charge in [-0.1, -0.05) is 135 Å². The van der Waals surface area contributed by atoms with Crippen LogP contribution in [0.2, 0.25) is 0 Å². The minimum absolute atomic E-state index is 0.176. The second kappa shape index (κ2) is 41.6. The highest BCUT2D eigenvalue weighted by Crippen LogP contribution is 2.22. The second-order valence-electron chi connectivity index (χ2n) is 14.2. The number of anilines is 2. The van der Waals surface area contributed by atoms with E-state index in [1.54, 1.807) is 0 Å². The summed E-state index contributed by atoms with van der Waals surface area (Å²) in [4.78, 5) is 43.9. The fourth-order valence-electron chi connectivity index (χ4n) is 5.21. The Kier molecular flexibility index (Phi) is 37.5. The molecule has 0 aliphatic carbocycles. The molecule has 0 radical (unpaired) electrons. The maximum Gasteiger partial charge on any atom is 0.339 e.